The van der Waals surface area contributed by atoms with Crippen LogP contribution in [0.5, 0.6) is 0 Å². The summed E-state index contributed by atoms with van der Waals surface area (Å²) in [5, 5.41) is 9.04. The van der Waals surface area contributed by atoms with Crippen molar-refractivity contribution in [2.24, 2.45) is 5.73 Å². The number of hydrogen-bond donors (Lipinski definition) is 2. The molecule has 0 aliphatic rings. The van der Waals surface area contributed by atoms with Crippen molar-refractivity contribution in [1.29, 1.82) is 0 Å². The zero-order chi connectivity index (χ0) is 10.3. The fourth-order valence-corrected chi connectivity index (χ4v) is 0.800. The van der Waals surface area contributed by atoms with E-state index in [0.717, 1.165) is 0 Å². The molecule has 0 radical (unpaired) electrons. The summed E-state index contributed by atoms with van der Waals surface area (Å²) in [6.45, 7) is 2.95. The zero-order valence-corrected chi connectivity index (χ0v) is 8.56. The molecule has 5 nitrogen and oxygen atoms in total. The Morgan fingerprint density at radius 1 is 1.38 bits per heavy atom. The number of nitrogens with two attached hydrogens (primary N) is 1. The van der Waals surface area contributed by atoms with Crippen molar-refractivity contribution in [3.8, 4) is 0 Å². The maximum atomic E-state index is 9.04. The summed E-state index contributed by atoms with van der Waals surface area (Å²) in [5.41, 5.74) is 5.18. The third kappa shape index (κ3) is 5.95. The molecule has 5 heteroatoms. The summed E-state index contributed by atoms with van der Waals surface area (Å²) < 4.78 is 10.4. The van der Waals surface area contributed by atoms with E-state index >= 15 is 0 Å². The Morgan fingerprint density at radius 3 is 2.38 bits per heavy atom. The fraction of sp³-hybridized carbons (Fsp3) is 1.00. The summed E-state index contributed by atoms with van der Waals surface area (Å²) in [5.74, 6) is 0. The predicted molar refractivity (Wildman–Crippen MR) is 50.1 cm³/mol. The molecule has 0 aliphatic heterocycles. The fourth-order valence-electron chi connectivity index (χ4n) is 0.800. The van der Waals surface area contributed by atoms with E-state index in [2.05, 4.69) is 0 Å². The molecule has 0 spiro atoms. The number of hydrogen-bond acceptors (Lipinski definition) is 5. The number of ether oxygens (including phenoxy) is 2. The second-order valence-corrected chi connectivity index (χ2v) is 2.90. The third-order valence-electron chi connectivity index (χ3n) is 1.57. The molecule has 0 rings (SSSR count). The van der Waals surface area contributed by atoms with E-state index in [9.17, 15) is 0 Å². The minimum Gasteiger partial charge on any atom is -0.367 e. The molecular formula is C8H20N2O3. The highest BCUT2D eigenvalue weighted by molar-refractivity contribution is 4.53. The van der Waals surface area contributed by atoms with Crippen LogP contribution in [-0.2, 0) is 9.47 Å². The Bertz CT molecular complexity index is 122. The van der Waals surface area contributed by atoms with Crippen LogP contribution in [0.3, 0.4) is 0 Å². The quantitative estimate of drug-likeness (QED) is 0.517. The lowest BCUT2D eigenvalue weighted by Crippen LogP contribution is -2.37. The molecule has 0 fully saturated rings. The molecule has 0 saturated heterocycles. The van der Waals surface area contributed by atoms with Gasteiger partial charge in [-0.3, -0.25) is 4.90 Å². The van der Waals surface area contributed by atoms with Crippen molar-refractivity contribution < 1.29 is 14.6 Å². The van der Waals surface area contributed by atoms with Crippen LogP contribution in [0.25, 0.3) is 0 Å². The summed E-state index contributed by atoms with van der Waals surface area (Å²) in [7, 11) is 3.77. The molecule has 80 valence electrons. The molecule has 0 heterocycles. The van der Waals surface area contributed by atoms with Gasteiger partial charge in [0.1, 0.15) is 6.23 Å². The molecule has 3 N–H and O–H groups in total. The van der Waals surface area contributed by atoms with Crippen molar-refractivity contribution in [2.75, 3.05) is 33.9 Å². The second-order valence-electron chi connectivity index (χ2n) is 2.90. The van der Waals surface area contributed by atoms with Gasteiger partial charge in [0.25, 0.3) is 0 Å². The number of aliphatic hydroxyl groups is 1. The number of rotatable bonds is 7. The lowest BCUT2D eigenvalue weighted by atomic mass is 10.5. The summed E-state index contributed by atoms with van der Waals surface area (Å²) in [4.78, 5) is 1.88. The summed E-state index contributed by atoms with van der Waals surface area (Å²) in [6.07, 6.45) is -1.03. The average Bonchev–Trinajstić information content (AvgIpc) is 2.11. The van der Waals surface area contributed by atoms with E-state index < -0.39 is 6.29 Å². The molecule has 0 aromatic carbocycles. The van der Waals surface area contributed by atoms with Gasteiger partial charge in [0.2, 0.25) is 0 Å². The Balaban J connectivity index is 3.68. The highest BCUT2D eigenvalue weighted by Crippen LogP contribution is 1.98. The van der Waals surface area contributed by atoms with Crippen molar-refractivity contribution in [2.45, 2.75) is 19.4 Å². The van der Waals surface area contributed by atoms with Gasteiger partial charge in [-0.05, 0) is 21.0 Å². The first-order valence-corrected chi connectivity index (χ1v) is 4.39. The van der Waals surface area contributed by atoms with Gasteiger partial charge in [0, 0.05) is 13.2 Å². The molecule has 0 aromatic heterocycles. The maximum Gasteiger partial charge on any atom is 0.167 e. The standard InChI is InChI=1S/C8H20N2O3/c1-4-12-7(10(2)3)6-13-8(11)5-9/h7-8,11H,4-6,9H2,1-3H3. The Morgan fingerprint density at radius 2 is 2.00 bits per heavy atom. The van der Waals surface area contributed by atoms with Crippen LogP contribution in [0.15, 0.2) is 0 Å². The Hall–Kier alpha value is -0.200. The van der Waals surface area contributed by atoms with E-state index in [-0.39, 0.29) is 12.8 Å². The third-order valence-corrected chi connectivity index (χ3v) is 1.57. The van der Waals surface area contributed by atoms with Crippen LogP contribution in [0.2, 0.25) is 0 Å². The van der Waals surface area contributed by atoms with E-state index in [4.69, 9.17) is 20.3 Å². The van der Waals surface area contributed by atoms with Gasteiger partial charge in [-0.1, -0.05) is 0 Å². The summed E-state index contributed by atoms with van der Waals surface area (Å²) >= 11 is 0. The number of likely N-dealkylation sites (N-methyl/N-ethyl adjacent to an activating group) is 1. The topological polar surface area (TPSA) is 67.9 Å². The molecule has 0 amide bonds. The average molecular weight is 192 g/mol. The largest absolute Gasteiger partial charge is 0.367 e. The molecule has 0 aliphatic carbocycles. The van der Waals surface area contributed by atoms with Crippen LogP contribution in [0.1, 0.15) is 6.92 Å². The smallest absolute Gasteiger partial charge is 0.167 e. The predicted octanol–water partition coefficient (Wildman–Crippen LogP) is -0.796. The minimum atomic E-state index is -0.900. The monoisotopic (exact) mass is 192 g/mol. The number of aliphatic hydroxyl groups excluding tert-OH is 1. The van der Waals surface area contributed by atoms with Crippen LogP contribution < -0.4 is 5.73 Å². The minimum absolute atomic E-state index is 0.103. The van der Waals surface area contributed by atoms with Crippen molar-refractivity contribution in [3.63, 3.8) is 0 Å². The van der Waals surface area contributed by atoms with Gasteiger partial charge >= 0.3 is 0 Å². The maximum absolute atomic E-state index is 9.04. The first-order valence-electron chi connectivity index (χ1n) is 4.39. The zero-order valence-electron chi connectivity index (χ0n) is 8.56. The van der Waals surface area contributed by atoms with E-state index in [1.807, 2.05) is 25.9 Å². The second kappa shape index (κ2) is 7.23. The van der Waals surface area contributed by atoms with Gasteiger partial charge < -0.3 is 20.3 Å². The van der Waals surface area contributed by atoms with Crippen molar-refractivity contribution in [1.82, 2.24) is 4.90 Å². The van der Waals surface area contributed by atoms with Gasteiger partial charge in [-0.25, -0.2) is 0 Å². The first kappa shape index (κ1) is 12.8. The number of nitrogens with zero attached hydrogens (tertiary/aromatic N) is 1. The van der Waals surface area contributed by atoms with E-state index in [1.165, 1.54) is 0 Å². The van der Waals surface area contributed by atoms with Crippen molar-refractivity contribution >= 4 is 0 Å². The lowest BCUT2D eigenvalue weighted by Gasteiger charge is -2.24. The van der Waals surface area contributed by atoms with Crippen LogP contribution in [0.4, 0.5) is 0 Å². The normalized spacial score (nSPS) is 16.2. The summed E-state index contributed by atoms with van der Waals surface area (Å²) in [6, 6.07) is 0. The van der Waals surface area contributed by atoms with Crippen molar-refractivity contribution in [3.05, 3.63) is 0 Å². The Labute approximate surface area is 79.4 Å². The molecule has 0 saturated carbocycles. The van der Waals surface area contributed by atoms with Gasteiger partial charge in [-0.2, -0.15) is 0 Å². The van der Waals surface area contributed by atoms with Gasteiger partial charge in [0.15, 0.2) is 6.29 Å². The van der Waals surface area contributed by atoms with Crippen LogP contribution in [0, 0.1) is 0 Å². The van der Waals surface area contributed by atoms with E-state index in [1.54, 1.807) is 0 Å². The molecule has 2 atom stereocenters. The van der Waals surface area contributed by atoms with Crippen LogP contribution >= 0.6 is 0 Å². The molecule has 2 unspecified atom stereocenters. The lowest BCUT2D eigenvalue weighted by molar-refractivity contribution is -0.150. The van der Waals surface area contributed by atoms with E-state index in [0.29, 0.717) is 13.2 Å². The highest BCUT2D eigenvalue weighted by Gasteiger charge is 2.12. The molecular weight excluding hydrogens is 172 g/mol. The molecule has 13 heavy (non-hydrogen) atoms. The molecule has 0 bridgehead atoms. The first-order chi connectivity index (χ1) is 6.11. The SMILES string of the molecule is CCOC(COC(O)CN)N(C)C. The highest BCUT2D eigenvalue weighted by atomic mass is 16.6. The molecule has 0 aromatic rings. The van der Waals surface area contributed by atoms with Gasteiger partial charge in [0.05, 0.1) is 6.61 Å². The van der Waals surface area contributed by atoms with Gasteiger partial charge in [-0.15, -0.1) is 0 Å². The Kier molecular flexibility index (Phi) is 7.12. The van der Waals surface area contributed by atoms with Crippen LogP contribution in [-0.4, -0.2) is 56.4 Å².